The number of aliphatic hydroxyl groups is 1. The predicted octanol–water partition coefficient (Wildman–Crippen LogP) is 4.96. The number of carbonyl (C=O) groups is 1. The lowest BCUT2D eigenvalue weighted by molar-refractivity contribution is -0.140. The Morgan fingerprint density at radius 1 is 1.08 bits per heavy atom. The average molecular weight is 532 g/mol. The minimum absolute atomic E-state index is 0.0185. The highest BCUT2D eigenvalue weighted by Gasteiger charge is 2.34. The lowest BCUT2D eigenvalue weighted by atomic mass is 9.96. The number of alkyl halides is 3. The summed E-state index contributed by atoms with van der Waals surface area (Å²) < 4.78 is 58.0. The van der Waals surface area contributed by atoms with E-state index in [0.717, 1.165) is 28.3 Å². The number of hydrogen-bond donors (Lipinski definition) is 3. The number of ether oxygens (including phenoxy) is 3. The van der Waals surface area contributed by atoms with Crippen molar-refractivity contribution in [3.8, 4) is 28.4 Å². The van der Waals surface area contributed by atoms with Crippen LogP contribution in [0, 0.1) is 6.92 Å². The maximum Gasteiger partial charge on any atom is 0.419 e. The lowest BCUT2D eigenvalue weighted by Gasteiger charge is -2.20. The van der Waals surface area contributed by atoms with Crippen molar-refractivity contribution in [2.24, 2.45) is 0 Å². The smallest absolute Gasteiger partial charge is 0.419 e. The summed E-state index contributed by atoms with van der Waals surface area (Å²) in [4.78, 5) is 10.7. The van der Waals surface area contributed by atoms with Gasteiger partial charge in [-0.3, -0.25) is 4.79 Å². The van der Waals surface area contributed by atoms with Crippen molar-refractivity contribution in [2.75, 3.05) is 19.8 Å². The molecule has 0 saturated heterocycles. The van der Waals surface area contributed by atoms with Gasteiger partial charge in [0, 0.05) is 13.1 Å². The summed E-state index contributed by atoms with van der Waals surface area (Å²) in [6.07, 6.45) is -6.15. The first-order chi connectivity index (χ1) is 18.1. The minimum atomic E-state index is -4.61. The molecule has 1 aliphatic rings. The molecule has 3 N–H and O–H groups in total. The summed E-state index contributed by atoms with van der Waals surface area (Å²) >= 11 is 0. The van der Waals surface area contributed by atoms with Gasteiger partial charge in [-0.05, 0) is 59.0 Å². The van der Waals surface area contributed by atoms with E-state index in [2.05, 4.69) is 5.32 Å². The van der Waals surface area contributed by atoms with Crippen LogP contribution in [0.25, 0.3) is 11.1 Å². The van der Waals surface area contributed by atoms with Gasteiger partial charge >= 0.3 is 12.1 Å². The Labute approximate surface area is 217 Å². The predicted molar refractivity (Wildman–Crippen MR) is 133 cm³/mol. The van der Waals surface area contributed by atoms with Gasteiger partial charge in [0.25, 0.3) is 0 Å². The second kappa shape index (κ2) is 11.7. The molecule has 1 atom stereocenters. The fraction of sp³-hybridized carbons (Fsp3) is 0.321. The first-order valence-corrected chi connectivity index (χ1v) is 12.0. The van der Waals surface area contributed by atoms with Gasteiger partial charge in [0.05, 0.1) is 18.1 Å². The molecule has 0 fully saturated rings. The molecule has 0 saturated carbocycles. The third kappa shape index (κ3) is 6.76. The van der Waals surface area contributed by atoms with Crippen LogP contribution in [0.1, 0.15) is 28.7 Å². The van der Waals surface area contributed by atoms with E-state index in [9.17, 15) is 23.1 Å². The van der Waals surface area contributed by atoms with E-state index in [1.165, 1.54) is 12.1 Å². The van der Waals surface area contributed by atoms with Crippen molar-refractivity contribution in [1.29, 1.82) is 0 Å². The highest BCUT2D eigenvalue weighted by molar-refractivity contribution is 5.71. The zero-order valence-electron chi connectivity index (χ0n) is 20.7. The van der Waals surface area contributed by atoms with E-state index in [-0.39, 0.29) is 25.4 Å². The normalized spacial score (nSPS) is 13.7. The van der Waals surface area contributed by atoms with Gasteiger partial charge in [0.2, 0.25) is 0 Å². The quantitative estimate of drug-likeness (QED) is 0.340. The van der Waals surface area contributed by atoms with Gasteiger partial charge in [-0.2, -0.15) is 13.2 Å². The number of carboxylic acid groups (broad SMARTS) is 1. The monoisotopic (exact) mass is 531 g/mol. The largest absolute Gasteiger partial charge is 0.488 e. The van der Waals surface area contributed by atoms with Gasteiger partial charge < -0.3 is 29.7 Å². The van der Waals surface area contributed by atoms with Crippen LogP contribution in [0.15, 0.2) is 54.6 Å². The van der Waals surface area contributed by atoms with Gasteiger partial charge in [-0.15, -0.1) is 0 Å². The first kappa shape index (κ1) is 27.3. The van der Waals surface area contributed by atoms with E-state index < -0.39 is 30.2 Å². The fourth-order valence-corrected chi connectivity index (χ4v) is 4.21. The summed E-state index contributed by atoms with van der Waals surface area (Å²) in [7, 11) is 0. The molecule has 4 rings (SSSR count). The molecule has 10 heteroatoms. The van der Waals surface area contributed by atoms with Crippen LogP contribution in [0.5, 0.6) is 17.2 Å². The van der Waals surface area contributed by atoms with Crippen LogP contribution in [0.3, 0.4) is 0 Å². The summed E-state index contributed by atoms with van der Waals surface area (Å²) in [5.41, 5.74) is 2.98. The van der Waals surface area contributed by atoms with Crippen LogP contribution in [-0.4, -0.2) is 42.0 Å². The molecule has 3 aromatic rings. The summed E-state index contributed by atoms with van der Waals surface area (Å²) in [6.45, 7) is 2.86. The summed E-state index contributed by atoms with van der Waals surface area (Å²) in [6, 6.07) is 14.8. The van der Waals surface area contributed by atoms with Gasteiger partial charge in [-0.25, -0.2) is 0 Å². The van der Waals surface area contributed by atoms with E-state index in [1.54, 1.807) is 6.07 Å². The van der Waals surface area contributed by atoms with Crippen molar-refractivity contribution in [2.45, 2.75) is 38.8 Å². The molecule has 0 radical (unpaired) electrons. The second-order valence-corrected chi connectivity index (χ2v) is 8.95. The summed E-state index contributed by atoms with van der Waals surface area (Å²) in [5.74, 6) is -0.141. The zero-order valence-corrected chi connectivity index (χ0v) is 20.7. The molecule has 3 aromatic carbocycles. The van der Waals surface area contributed by atoms with E-state index >= 15 is 0 Å². The maximum atomic E-state index is 13.7. The SMILES string of the molecule is Cc1c(COc2cc(CNCC(O)CC(=O)O)ccc2C(F)(F)F)cccc1-c1ccc2c(c1)OCCO2. The Balaban J connectivity index is 1.51. The van der Waals surface area contributed by atoms with E-state index in [0.29, 0.717) is 30.3 Å². The van der Waals surface area contributed by atoms with Crippen molar-refractivity contribution in [3.05, 3.63) is 76.9 Å². The van der Waals surface area contributed by atoms with Crippen molar-refractivity contribution >= 4 is 5.97 Å². The Bertz CT molecular complexity index is 1290. The number of halogens is 3. The van der Waals surface area contributed by atoms with Gasteiger partial charge in [-0.1, -0.05) is 30.3 Å². The van der Waals surface area contributed by atoms with Crippen LogP contribution < -0.4 is 19.5 Å². The molecule has 38 heavy (non-hydrogen) atoms. The Morgan fingerprint density at radius 3 is 2.58 bits per heavy atom. The number of hydrogen-bond acceptors (Lipinski definition) is 6. The van der Waals surface area contributed by atoms with E-state index in [1.807, 2.05) is 37.3 Å². The molecule has 1 heterocycles. The Hall–Kier alpha value is -3.76. The molecular weight excluding hydrogens is 503 g/mol. The molecule has 0 aliphatic carbocycles. The topological polar surface area (TPSA) is 97.2 Å². The maximum absolute atomic E-state index is 13.7. The number of fused-ring (bicyclic) bond motifs is 1. The standard InChI is InChI=1S/C28H28F3NO6/c1-17-20(3-2-4-22(17)19-6-8-24-26(12-19)37-10-9-36-24)16-38-25-11-18(5-7-23(25)28(29,30)31)14-32-15-21(33)13-27(34)35/h2-8,11-12,21,32-33H,9-10,13-16H2,1H3,(H,34,35). The molecule has 1 aliphatic heterocycles. The number of carboxylic acids is 1. The third-order valence-corrected chi connectivity index (χ3v) is 6.15. The van der Waals surface area contributed by atoms with Gasteiger partial charge in [0.15, 0.2) is 11.5 Å². The van der Waals surface area contributed by atoms with Crippen molar-refractivity contribution < 1.29 is 42.4 Å². The number of nitrogens with one attached hydrogen (secondary N) is 1. The second-order valence-electron chi connectivity index (χ2n) is 8.95. The van der Waals surface area contributed by atoms with Crippen molar-refractivity contribution in [1.82, 2.24) is 5.32 Å². The number of benzene rings is 3. The molecule has 202 valence electrons. The molecule has 0 spiro atoms. The number of aliphatic carboxylic acids is 1. The first-order valence-electron chi connectivity index (χ1n) is 12.0. The van der Waals surface area contributed by atoms with E-state index in [4.69, 9.17) is 19.3 Å². The number of aliphatic hydroxyl groups excluding tert-OH is 1. The Morgan fingerprint density at radius 2 is 1.84 bits per heavy atom. The molecule has 1 unspecified atom stereocenters. The van der Waals surface area contributed by atoms with Crippen LogP contribution in [0.2, 0.25) is 0 Å². The molecule has 7 nitrogen and oxygen atoms in total. The van der Waals surface area contributed by atoms with Crippen molar-refractivity contribution in [3.63, 3.8) is 0 Å². The molecule has 0 aromatic heterocycles. The number of rotatable bonds is 10. The summed E-state index contributed by atoms with van der Waals surface area (Å²) in [5, 5.41) is 21.2. The minimum Gasteiger partial charge on any atom is -0.488 e. The molecule has 0 bridgehead atoms. The average Bonchev–Trinajstić information content (AvgIpc) is 2.87. The Kier molecular flexibility index (Phi) is 8.43. The highest BCUT2D eigenvalue weighted by Crippen LogP contribution is 2.38. The fourth-order valence-electron chi connectivity index (χ4n) is 4.21. The lowest BCUT2D eigenvalue weighted by Crippen LogP contribution is -2.28. The third-order valence-electron chi connectivity index (χ3n) is 6.15. The molecule has 0 amide bonds. The van der Waals surface area contributed by atoms with Crippen LogP contribution in [0.4, 0.5) is 13.2 Å². The van der Waals surface area contributed by atoms with Crippen LogP contribution in [-0.2, 0) is 24.1 Å². The van der Waals surface area contributed by atoms with Gasteiger partial charge in [0.1, 0.15) is 25.6 Å². The molecular formula is C28H28F3NO6. The zero-order chi connectivity index (χ0) is 27.3. The van der Waals surface area contributed by atoms with Crippen LogP contribution >= 0.6 is 0 Å². The highest BCUT2D eigenvalue weighted by atomic mass is 19.4.